The first-order valence-electron chi connectivity index (χ1n) is 6.18. The second kappa shape index (κ2) is 7.02. The smallest absolute Gasteiger partial charge is 0.119 e. The number of aliphatic hydroxyl groups is 1. The van der Waals surface area contributed by atoms with E-state index in [4.69, 9.17) is 10.5 Å². The van der Waals surface area contributed by atoms with Crippen LogP contribution >= 0.6 is 11.8 Å². The Balaban J connectivity index is 2.90. The van der Waals surface area contributed by atoms with Gasteiger partial charge in [0.2, 0.25) is 0 Å². The summed E-state index contributed by atoms with van der Waals surface area (Å²) in [4.78, 5) is 0. The molecule has 0 saturated heterocycles. The van der Waals surface area contributed by atoms with Crippen molar-refractivity contribution >= 4 is 11.8 Å². The molecule has 1 aromatic rings. The van der Waals surface area contributed by atoms with Gasteiger partial charge < -0.3 is 15.6 Å². The van der Waals surface area contributed by atoms with Crippen LogP contribution in [0.25, 0.3) is 0 Å². The first-order valence-corrected chi connectivity index (χ1v) is 7.13. The van der Waals surface area contributed by atoms with Gasteiger partial charge in [-0.3, -0.25) is 0 Å². The molecule has 18 heavy (non-hydrogen) atoms. The minimum atomic E-state index is -0.346. The van der Waals surface area contributed by atoms with Crippen LogP contribution in [0.3, 0.4) is 0 Å². The fraction of sp³-hybridized carbons (Fsp3) is 0.571. The van der Waals surface area contributed by atoms with Crippen LogP contribution in [0, 0.1) is 0 Å². The van der Waals surface area contributed by atoms with Crippen molar-refractivity contribution in [1.29, 1.82) is 0 Å². The standard InChI is InChI=1S/C14H23NO2S/c1-9(15)14(18-11(3)10(2)16)12-6-5-7-13(8-12)17-4/h5-11,14,16H,15H2,1-4H3. The predicted octanol–water partition coefficient (Wildman–Crippen LogP) is 2.59. The van der Waals surface area contributed by atoms with Crippen molar-refractivity contribution in [3.8, 4) is 5.75 Å². The van der Waals surface area contributed by atoms with Crippen molar-refractivity contribution in [1.82, 2.24) is 0 Å². The number of rotatable bonds is 6. The lowest BCUT2D eigenvalue weighted by molar-refractivity contribution is 0.196. The summed E-state index contributed by atoms with van der Waals surface area (Å²) in [5.41, 5.74) is 7.21. The number of thioether (sulfide) groups is 1. The maximum atomic E-state index is 9.61. The number of methoxy groups -OCH3 is 1. The first-order chi connectivity index (χ1) is 8.45. The molecule has 0 aromatic heterocycles. The number of benzene rings is 1. The molecule has 3 N–H and O–H groups in total. The summed E-state index contributed by atoms with van der Waals surface area (Å²) >= 11 is 1.70. The zero-order valence-electron chi connectivity index (χ0n) is 11.5. The molecule has 3 nitrogen and oxygen atoms in total. The molecule has 1 rings (SSSR count). The van der Waals surface area contributed by atoms with E-state index < -0.39 is 0 Å². The normalized spacial score (nSPS) is 17.9. The van der Waals surface area contributed by atoms with E-state index in [9.17, 15) is 5.11 Å². The molecule has 4 atom stereocenters. The minimum Gasteiger partial charge on any atom is -0.497 e. The second-order valence-electron chi connectivity index (χ2n) is 4.64. The highest BCUT2D eigenvalue weighted by Gasteiger charge is 2.22. The van der Waals surface area contributed by atoms with E-state index in [-0.39, 0.29) is 22.6 Å². The molecule has 0 aliphatic heterocycles. The Morgan fingerprint density at radius 1 is 1.28 bits per heavy atom. The molecular weight excluding hydrogens is 246 g/mol. The molecule has 0 aliphatic carbocycles. The minimum absolute atomic E-state index is 0.0170. The van der Waals surface area contributed by atoms with E-state index in [0.717, 1.165) is 11.3 Å². The van der Waals surface area contributed by atoms with Gasteiger partial charge in [-0.2, -0.15) is 0 Å². The van der Waals surface area contributed by atoms with E-state index in [1.165, 1.54) is 0 Å². The summed E-state index contributed by atoms with van der Waals surface area (Å²) in [6.45, 7) is 5.82. The van der Waals surface area contributed by atoms with Gasteiger partial charge in [-0.1, -0.05) is 19.1 Å². The van der Waals surface area contributed by atoms with Gasteiger partial charge in [0.1, 0.15) is 5.75 Å². The van der Waals surface area contributed by atoms with Gasteiger partial charge >= 0.3 is 0 Å². The van der Waals surface area contributed by atoms with Crippen LogP contribution in [0.15, 0.2) is 24.3 Å². The molecule has 0 fully saturated rings. The highest BCUT2D eigenvalue weighted by atomic mass is 32.2. The van der Waals surface area contributed by atoms with Crippen LogP contribution in [0.5, 0.6) is 5.75 Å². The quantitative estimate of drug-likeness (QED) is 0.833. The summed E-state index contributed by atoms with van der Waals surface area (Å²) in [7, 11) is 1.66. The Morgan fingerprint density at radius 3 is 2.44 bits per heavy atom. The highest BCUT2D eigenvalue weighted by Crippen LogP contribution is 2.36. The molecule has 0 radical (unpaired) electrons. The van der Waals surface area contributed by atoms with Crippen molar-refractivity contribution in [2.24, 2.45) is 5.73 Å². The molecule has 1 aromatic carbocycles. The van der Waals surface area contributed by atoms with Gasteiger partial charge in [0.15, 0.2) is 0 Å². The zero-order chi connectivity index (χ0) is 13.7. The zero-order valence-corrected chi connectivity index (χ0v) is 12.3. The van der Waals surface area contributed by atoms with Crippen LogP contribution in [0.2, 0.25) is 0 Å². The Labute approximate surface area is 114 Å². The Bertz CT molecular complexity index is 369. The summed E-state index contributed by atoms with van der Waals surface area (Å²) in [6, 6.07) is 7.97. The molecule has 102 valence electrons. The topological polar surface area (TPSA) is 55.5 Å². The van der Waals surface area contributed by atoms with Gasteiger partial charge in [-0.25, -0.2) is 0 Å². The SMILES string of the molecule is COc1cccc(C(SC(C)C(C)O)C(C)N)c1. The monoisotopic (exact) mass is 269 g/mol. The Hall–Kier alpha value is -0.710. The van der Waals surface area contributed by atoms with Gasteiger partial charge in [-0.05, 0) is 31.5 Å². The largest absolute Gasteiger partial charge is 0.497 e. The van der Waals surface area contributed by atoms with Gasteiger partial charge in [0.05, 0.1) is 13.2 Å². The summed E-state index contributed by atoms with van der Waals surface area (Å²) in [6.07, 6.45) is -0.346. The van der Waals surface area contributed by atoms with Gasteiger partial charge in [-0.15, -0.1) is 11.8 Å². The summed E-state index contributed by atoms with van der Waals surface area (Å²) in [5.74, 6) is 0.837. The second-order valence-corrected chi connectivity index (χ2v) is 6.16. The van der Waals surface area contributed by atoms with Crippen LogP contribution in [0.4, 0.5) is 0 Å². The lowest BCUT2D eigenvalue weighted by Crippen LogP contribution is -2.26. The maximum Gasteiger partial charge on any atom is 0.119 e. The van der Waals surface area contributed by atoms with E-state index >= 15 is 0 Å². The van der Waals surface area contributed by atoms with Crippen molar-refractivity contribution < 1.29 is 9.84 Å². The third-order valence-corrected chi connectivity index (χ3v) is 4.76. The third-order valence-electron chi connectivity index (χ3n) is 2.94. The molecule has 4 heteroatoms. The lowest BCUT2D eigenvalue weighted by Gasteiger charge is -2.26. The van der Waals surface area contributed by atoms with E-state index in [1.54, 1.807) is 18.9 Å². The van der Waals surface area contributed by atoms with E-state index in [1.807, 2.05) is 39.0 Å². The molecule has 0 bridgehead atoms. The summed E-state index contributed by atoms with van der Waals surface area (Å²) in [5, 5.41) is 9.92. The van der Waals surface area contributed by atoms with E-state index in [0.29, 0.717) is 0 Å². The number of nitrogens with two attached hydrogens (primary N) is 1. The number of aliphatic hydroxyl groups excluding tert-OH is 1. The van der Waals surface area contributed by atoms with Crippen LogP contribution in [-0.4, -0.2) is 29.6 Å². The first kappa shape index (κ1) is 15.3. The molecule has 0 amide bonds. The van der Waals surface area contributed by atoms with Gasteiger partial charge in [0, 0.05) is 16.5 Å². The number of ether oxygens (including phenoxy) is 1. The van der Waals surface area contributed by atoms with Crippen LogP contribution in [0.1, 0.15) is 31.6 Å². The van der Waals surface area contributed by atoms with Crippen molar-refractivity contribution in [3.63, 3.8) is 0 Å². The summed E-state index contributed by atoms with van der Waals surface area (Å²) < 4.78 is 5.24. The van der Waals surface area contributed by atoms with Crippen LogP contribution < -0.4 is 10.5 Å². The average Bonchev–Trinajstić information content (AvgIpc) is 2.35. The molecule has 0 spiro atoms. The van der Waals surface area contributed by atoms with Crippen LogP contribution in [-0.2, 0) is 0 Å². The maximum absolute atomic E-state index is 9.61. The fourth-order valence-electron chi connectivity index (χ4n) is 1.67. The number of hydrogen-bond acceptors (Lipinski definition) is 4. The molecular formula is C14H23NO2S. The van der Waals surface area contributed by atoms with Crippen molar-refractivity contribution in [2.45, 2.75) is 43.4 Å². The highest BCUT2D eigenvalue weighted by molar-refractivity contribution is 8.00. The average molecular weight is 269 g/mol. The third kappa shape index (κ3) is 4.19. The molecule has 4 unspecified atom stereocenters. The molecule has 0 aliphatic rings. The lowest BCUT2D eigenvalue weighted by atomic mass is 10.1. The van der Waals surface area contributed by atoms with Gasteiger partial charge in [0.25, 0.3) is 0 Å². The van der Waals surface area contributed by atoms with Crippen molar-refractivity contribution in [2.75, 3.05) is 7.11 Å². The fourth-order valence-corrected chi connectivity index (χ4v) is 2.91. The number of hydrogen-bond donors (Lipinski definition) is 2. The van der Waals surface area contributed by atoms with Crippen molar-refractivity contribution in [3.05, 3.63) is 29.8 Å². The Kier molecular flexibility index (Phi) is 5.99. The van der Waals surface area contributed by atoms with E-state index in [2.05, 4.69) is 6.07 Å². The Morgan fingerprint density at radius 2 is 1.94 bits per heavy atom. The molecule has 0 heterocycles. The molecule has 0 saturated carbocycles. The predicted molar refractivity (Wildman–Crippen MR) is 78.1 cm³/mol.